The molecule has 1 aromatic heterocycles. The van der Waals surface area contributed by atoms with Gasteiger partial charge in [-0.1, -0.05) is 25.7 Å². The molecule has 0 spiro atoms. The third-order valence-corrected chi connectivity index (χ3v) is 2.77. The minimum atomic E-state index is -0.207. The monoisotopic (exact) mass is 208 g/mol. The lowest BCUT2D eigenvalue weighted by atomic mass is 10.1. The molecule has 0 atom stereocenters. The number of anilines is 1. The fourth-order valence-electron chi connectivity index (χ4n) is 2.00. The number of nitrogens with one attached hydrogen (secondary N) is 2. The predicted octanol–water partition coefficient (Wildman–Crippen LogP) is 1.30. The highest BCUT2D eigenvalue weighted by Gasteiger charge is 2.12. The Morgan fingerprint density at radius 1 is 1.27 bits per heavy atom. The molecule has 0 amide bonds. The van der Waals surface area contributed by atoms with E-state index in [0.717, 1.165) is 12.8 Å². The van der Waals surface area contributed by atoms with Crippen molar-refractivity contribution >= 4 is 5.95 Å². The first-order chi connectivity index (χ1) is 7.34. The first kappa shape index (κ1) is 10.1. The third kappa shape index (κ3) is 3.04. The zero-order valence-electron chi connectivity index (χ0n) is 8.70. The van der Waals surface area contributed by atoms with Crippen LogP contribution in [0.25, 0.3) is 0 Å². The van der Waals surface area contributed by atoms with E-state index in [4.69, 9.17) is 0 Å². The summed E-state index contributed by atoms with van der Waals surface area (Å²) in [6, 6.07) is 0.430. The lowest BCUT2D eigenvalue weighted by Crippen LogP contribution is -2.22. The molecule has 1 heterocycles. The summed E-state index contributed by atoms with van der Waals surface area (Å²) >= 11 is 0. The minimum absolute atomic E-state index is 0.207. The molecular formula is C10H16N4O. The van der Waals surface area contributed by atoms with Crippen molar-refractivity contribution in [2.45, 2.75) is 44.6 Å². The summed E-state index contributed by atoms with van der Waals surface area (Å²) < 4.78 is 0. The molecule has 82 valence electrons. The van der Waals surface area contributed by atoms with Gasteiger partial charge in [0.15, 0.2) is 0 Å². The highest BCUT2D eigenvalue weighted by molar-refractivity contribution is 5.22. The van der Waals surface area contributed by atoms with Gasteiger partial charge in [-0.05, 0) is 12.8 Å². The van der Waals surface area contributed by atoms with Crippen LogP contribution in [-0.4, -0.2) is 21.2 Å². The summed E-state index contributed by atoms with van der Waals surface area (Å²) in [5, 5.41) is 10.7. The van der Waals surface area contributed by atoms with Gasteiger partial charge >= 0.3 is 0 Å². The van der Waals surface area contributed by atoms with E-state index < -0.39 is 0 Å². The van der Waals surface area contributed by atoms with Gasteiger partial charge in [0.05, 0.1) is 0 Å². The highest BCUT2D eigenvalue weighted by atomic mass is 16.1. The summed E-state index contributed by atoms with van der Waals surface area (Å²) in [6.45, 7) is 0. The normalized spacial score (nSPS) is 18.4. The van der Waals surface area contributed by atoms with Gasteiger partial charge in [-0.3, -0.25) is 9.78 Å². The Kier molecular flexibility index (Phi) is 3.32. The number of rotatable bonds is 2. The van der Waals surface area contributed by atoms with Crippen molar-refractivity contribution in [1.29, 1.82) is 0 Å². The summed E-state index contributed by atoms with van der Waals surface area (Å²) in [6.07, 6.45) is 8.62. The first-order valence-corrected chi connectivity index (χ1v) is 5.53. The Morgan fingerprint density at radius 2 is 2.00 bits per heavy atom. The fourth-order valence-corrected chi connectivity index (χ4v) is 2.00. The van der Waals surface area contributed by atoms with Crippen molar-refractivity contribution < 1.29 is 0 Å². The Hall–Kier alpha value is -1.39. The maximum absolute atomic E-state index is 11.0. The molecule has 0 bridgehead atoms. The molecule has 5 heteroatoms. The molecule has 0 saturated heterocycles. The van der Waals surface area contributed by atoms with Crippen LogP contribution >= 0.6 is 0 Å². The van der Waals surface area contributed by atoms with E-state index in [9.17, 15) is 4.79 Å². The summed E-state index contributed by atoms with van der Waals surface area (Å²) in [5.41, 5.74) is -0.207. The average molecular weight is 208 g/mol. The predicted molar refractivity (Wildman–Crippen MR) is 57.8 cm³/mol. The SMILES string of the molecule is O=c1cnnc(NC2CCCCCC2)[nH]1. The molecule has 0 unspecified atom stereocenters. The summed E-state index contributed by atoms with van der Waals surface area (Å²) in [7, 11) is 0. The maximum Gasteiger partial charge on any atom is 0.271 e. The second-order valence-electron chi connectivity index (χ2n) is 4.02. The molecule has 1 aliphatic rings. The summed E-state index contributed by atoms with van der Waals surface area (Å²) in [4.78, 5) is 13.6. The molecule has 0 aromatic carbocycles. The van der Waals surface area contributed by atoms with Gasteiger partial charge in [-0.2, -0.15) is 0 Å². The molecule has 1 aromatic rings. The topological polar surface area (TPSA) is 70.7 Å². The number of aromatic amines is 1. The third-order valence-electron chi connectivity index (χ3n) is 2.77. The van der Waals surface area contributed by atoms with Crippen molar-refractivity contribution in [2.24, 2.45) is 0 Å². The van der Waals surface area contributed by atoms with Crippen LogP contribution in [-0.2, 0) is 0 Å². The van der Waals surface area contributed by atoms with Crippen molar-refractivity contribution in [3.63, 3.8) is 0 Å². The number of hydrogen-bond acceptors (Lipinski definition) is 4. The van der Waals surface area contributed by atoms with Gasteiger partial charge in [0, 0.05) is 6.04 Å². The Morgan fingerprint density at radius 3 is 2.67 bits per heavy atom. The van der Waals surface area contributed by atoms with Gasteiger partial charge in [-0.25, -0.2) is 0 Å². The molecule has 2 rings (SSSR count). The van der Waals surface area contributed by atoms with Crippen LogP contribution in [0.2, 0.25) is 0 Å². The number of nitrogens with zero attached hydrogens (tertiary/aromatic N) is 2. The van der Waals surface area contributed by atoms with Crippen molar-refractivity contribution in [1.82, 2.24) is 15.2 Å². The van der Waals surface area contributed by atoms with E-state index in [-0.39, 0.29) is 5.56 Å². The largest absolute Gasteiger partial charge is 0.352 e. The van der Waals surface area contributed by atoms with Crippen molar-refractivity contribution in [3.05, 3.63) is 16.6 Å². The fraction of sp³-hybridized carbons (Fsp3) is 0.700. The zero-order chi connectivity index (χ0) is 10.5. The van der Waals surface area contributed by atoms with E-state index in [1.807, 2.05) is 0 Å². The molecule has 0 aliphatic heterocycles. The van der Waals surface area contributed by atoms with Crippen LogP contribution < -0.4 is 10.9 Å². The molecule has 5 nitrogen and oxygen atoms in total. The maximum atomic E-state index is 11.0. The quantitative estimate of drug-likeness (QED) is 0.719. The Balaban J connectivity index is 1.98. The molecule has 1 aliphatic carbocycles. The highest BCUT2D eigenvalue weighted by Crippen LogP contribution is 2.19. The van der Waals surface area contributed by atoms with Gasteiger partial charge < -0.3 is 5.32 Å². The number of hydrogen-bond donors (Lipinski definition) is 2. The smallest absolute Gasteiger partial charge is 0.271 e. The van der Waals surface area contributed by atoms with Crippen molar-refractivity contribution in [3.8, 4) is 0 Å². The second kappa shape index (κ2) is 4.91. The van der Waals surface area contributed by atoms with Gasteiger partial charge in [0.25, 0.3) is 5.56 Å². The molecule has 2 N–H and O–H groups in total. The van der Waals surface area contributed by atoms with Crippen LogP contribution in [0.4, 0.5) is 5.95 Å². The van der Waals surface area contributed by atoms with Gasteiger partial charge in [0.1, 0.15) is 6.20 Å². The van der Waals surface area contributed by atoms with E-state index in [1.165, 1.54) is 31.9 Å². The van der Waals surface area contributed by atoms with E-state index >= 15 is 0 Å². The van der Waals surface area contributed by atoms with Crippen LogP contribution in [0.1, 0.15) is 38.5 Å². The molecular weight excluding hydrogens is 192 g/mol. The molecule has 1 fully saturated rings. The zero-order valence-corrected chi connectivity index (χ0v) is 8.70. The van der Waals surface area contributed by atoms with Gasteiger partial charge in [0.2, 0.25) is 5.95 Å². The number of H-pyrrole nitrogens is 1. The van der Waals surface area contributed by atoms with E-state index in [2.05, 4.69) is 20.5 Å². The summed E-state index contributed by atoms with van der Waals surface area (Å²) in [5.74, 6) is 0.495. The van der Waals surface area contributed by atoms with E-state index in [1.54, 1.807) is 0 Å². The first-order valence-electron chi connectivity index (χ1n) is 5.53. The standard InChI is InChI=1S/C10H16N4O/c15-9-7-11-14-10(13-9)12-8-5-3-1-2-4-6-8/h7-8H,1-6H2,(H2,12,13,14,15). The lowest BCUT2D eigenvalue weighted by Gasteiger charge is -2.15. The molecule has 0 radical (unpaired) electrons. The second-order valence-corrected chi connectivity index (χ2v) is 4.02. The minimum Gasteiger partial charge on any atom is -0.352 e. The molecule has 15 heavy (non-hydrogen) atoms. The van der Waals surface area contributed by atoms with Crippen molar-refractivity contribution in [2.75, 3.05) is 5.32 Å². The van der Waals surface area contributed by atoms with Crippen LogP contribution in [0.5, 0.6) is 0 Å². The average Bonchev–Trinajstić information content (AvgIpc) is 2.46. The van der Waals surface area contributed by atoms with Crippen LogP contribution in [0.15, 0.2) is 11.0 Å². The Bertz CT molecular complexity index is 354. The van der Waals surface area contributed by atoms with E-state index in [0.29, 0.717) is 12.0 Å². The molecule has 1 saturated carbocycles. The van der Waals surface area contributed by atoms with Crippen LogP contribution in [0, 0.1) is 0 Å². The Labute approximate surface area is 88.3 Å². The van der Waals surface area contributed by atoms with Crippen LogP contribution in [0.3, 0.4) is 0 Å². The van der Waals surface area contributed by atoms with Gasteiger partial charge in [-0.15, -0.1) is 10.2 Å². The number of aromatic nitrogens is 3. The lowest BCUT2D eigenvalue weighted by molar-refractivity contribution is 0.612.